The predicted molar refractivity (Wildman–Crippen MR) is 119 cm³/mol. The Hall–Kier alpha value is -2.39. The van der Waals surface area contributed by atoms with E-state index in [4.69, 9.17) is 14.2 Å². The Morgan fingerprint density at radius 2 is 2.06 bits per heavy atom. The summed E-state index contributed by atoms with van der Waals surface area (Å²) in [6, 6.07) is 4.68. The van der Waals surface area contributed by atoms with Gasteiger partial charge in [0.05, 0.1) is 25.7 Å². The van der Waals surface area contributed by atoms with E-state index in [-0.39, 0.29) is 34.3 Å². The van der Waals surface area contributed by atoms with E-state index in [0.29, 0.717) is 34.2 Å². The summed E-state index contributed by atoms with van der Waals surface area (Å²) in [7, 11) is 3.14. The van der Waals surface area contributed by atoms with E-state index in [0.717, 1.165) is 12.8 Å². The lowest BCUT2D eigenvalue weighted by Gasteiger charge is -2.37. The molecule has 0 radical (unpaired) electrons. The molecule has 0 spiro atoms. The number of methoxy groups -OCH3 is 2. The lowest BCUT2D eigenvalue weighted by atomic mass is 9.77. The molecule has 1 aromatic heterocycles. The van der Waals surface area contributed by atoms with Crippen molar-refractivity contribution in [3.05, 3.63) is 46.7 Å². The summed E-state index contributed by atoms with van der Waals surface area (Å²) in [6.07, 6.45) is 3.71. The van der Waals surface area contributed by atoms with Crippen LogP contribution < -0.4 is 14.4 Å². The zero-order valence-corrected chi connectivity index (χ0v) is 19.4. The average Bonchev–Trinajstić information content (AvgIpc) is 3.40. The maximum absolute atomic E-state index is 13.8. The molecule has 0 bridgehead atoms. The molecule has 1 aromatic carbocycles. The van der Waals surface area contributed by atoms with E-state index >= 15 is 0 Å². The van der Waals surface area contributed by atoms with E-state index in [1.165, 1.54) is 11.3 Å². The lowest BCUT2D eigenvalue weighted by molar-refractivity contribution is -0.131. The Labute approximate surface area is 192 Å². The van der Waals surface area contributed by atoms with Gasteiger partial charge in [0.25, 0.3) is 5.91 Å². The molecular weight excluding hydrogens is 484 g/mol. The second kappa shape index (κ2) is 7.94. The molecule has 0 saturated heterocycles. The highest BCUT2D eigenvalue weighted by atomic mass is 79.9. The van der Waals surface area contributed by atoms with Crippen LogP contribution in [0.1, 0.15) is 30.9 Å². The summed E-state index contributed by atoms with van der Waals surface area (Å²) in [5.74, 6) is 0.664. The van der Waals surface area contributed by atoms with Crippen molar-refractivity contribution in [2.45, 2.75) is 36.2 Å². The van der Waals surface area contributed by atoms with Gasteiger partial charge in [-0.1, -0.05) is 15.9 Å². The maximum atomic E-state index is 13.8. The molecule has 1 fully saturated rings. The van der Waals surface area contributed by atoms with Crippen molar-refractivity contribution in [3.8, 4) is 11.5 Å². The number of Topliss-reactive ketones (excluding diaryl/α,β-unsaturated/α-hetero) is 1. The number of nitrogens with zero attached hydrogens (tertiary/aromatic N) is 2. The number of carbonyl (C=O) groups is 2. The Balaban J connectivity index is 1.69. The Bertz CT molecular complexity index is 1070. The number of halogens is 1. The number of benzene rings is 1. The lowest BCUT2D eigenvalue weighted by Crippen LogP contribution is -2.41. The smallest absolute Gasteiger partial charge is 0.296 e. The summed E-state index contributed by atoms with van der Waals surface area (Å²) < 4.78 is 17.2. The van der Waals surface area contributed by atoms with Crippen LogP contribution in [0.25, 0.3) is 0 Å². The number of aromatic nitrogens is 1. The first kappa shape index (κ1) is 20.5. The van der Waals surface area contributed by atoms with Crippen LogP contribution >= 0.6 is 27.3 Å². The number of hydrogen-bond acceptors (Lipinski definition) is 7. The van der Waals surface area contributed by atoms with Crippen LogP contribution in [-0.4, -0.2) is 41.8 Å². The molecule has 1 saturated carbocycles. The minimum Gasteiger partial charge on any atom is -0.497 e. The zero-order chi connectivity index (χ0) is 21.7. The molecule has 1 aliphatic carbocycles. The van der Waals surface area contributed by atoms with Gasteiger partial charge in [0.15, 0.2) is 16.7 Å². The normalized spacial score (nSPS) is 27.6. The van der Waals surface area contributed by atoms with Crippen molar-refractivity contribution >= 4 is 44.1 Å². The van der Waals surface area contributed by atoms with Crippen molar-refractivity contribution in [2.75, 3.05) is 19.1 Å². The molecule has 3 heterocycles. The number of carbonyl (C=O) groups excluding carboxylic acids is 2. The van der Waals surface area contributed by atoms with E-state index in [1.54, 1.807) is 48.9 Å². The van der Waals surface area contributed by atoms with Crippen LogP contribution in [0, 0.1) is 5.92 Å². The predicted octanol–water partition coefficient (Wildman–Crippen LogP) is 4.03. The number of hydrogen-bond donors (Lipinski definition) is 0. The van der Waals surface area contributed by atoms with Crippen molar-refractivity contribution in [2.24, 2.45) is 5.92 Å². The first-order chi connectivity index (χ1) is 15.0. The van der Waals surface area contributed by atoms with Crippen LogP contribution in [0.4, 0.5) is 5.13 Å². The quantitative estimate of drug-likeness (QED) is 0.584. The number of anilines is 1. The molecule has 7 nitrogen and oxygen atoms in total. The van der Waals surface area contributed by atoms with E-state index in [1.807, 2.05) is 0 Å². The molecule has 0 N–H and O–H groups in total. The fourth-order valence-corrected chi connectivity index (χ4v) is 6.03. The molecule has 2 aliphatic heterocycles. The maximum Gasteiger partial charge on any atom is 0.296 e. The van der Waals surface area contributed by atoms with Gasteiger partial charge in [0, 0.05) is 22.0 Å². The molecule has 5 rings (SSSR count). The van der Waals surface area contributed by atoms with Crippen molar-refractivity contribution in [3.63, 3.8) is 0 Å². The largest absolute Gasteiger partial charge is 0.497 e. The topological polar surface area (TPSA) is 78.0 Å². The van der Waals surface area contributed by atoms with Crippen molar-refractivity contribution in [1.82, 2.24) is 4.98 Å². The van der Waals surface area contributed by atoms with Gasteiger partial charge < -0.3 is 14.2 Å². The highest BCUT2D eigenvalue weighted by Gasteiger charge is 2.54. The third-order valence-corrected chi connectivity index (χ3v) is 7.74. The SMILES string of the molecule is COc1ccc(OC)c(C2C3=C(OC4CCC(Br)CC4C3=O)C(=O)N2c2nccs2)c1. The Morgan fingerprint density at radius 3 is 2.77 bits per heavy atom. The second-order valence-corrected chi connectivity index (χ2v) is 9.95. The minimum absolute atomic E-state index is 0.0299. The van der Waals surface area contributed by atoms with Crippen LogP contribution in [0.3, 0.4) is 0 Å². The monoisotopic (exact) mass is 504 g/mol. The number of thiazole rings is 1. The van der Waals surface area contributed by atoms with Gasteiger partial charge in [-0.25, -0.2) is 4.98 Å². The Kier molecular flexibility index (Phi) is 5.26. The van der Waals surface area contributed by atoms with Crippen molar-refractivity contribution in [1.29, 1.82) is 0 Å². The first-order valence-electron chi connectivity index (χ1n) is 10.1. The van der Waals surface area contributed by atoms with Crippen LogP contribution in [-0.2, 0) is 14.3 Å². The van der Waals surface area contributed by atoms with Gasteiger partial charge >= 0.3 is 0 Å². The average molecular weight is 505 g/mol. The van der Waals surface area contributed by atoms with Gasteiger partial charge in [-0.3, -0.25) is 14.5 Å². The number of alkyl halides is 1. The highest BCUT2D eigenvalue weighted by Crippen LogP contribution is 2.51. The summed E-state index contributed by atoms with van der Waals surface area (Å²) in [5.41, 5.74) is 1.05. The zero-order valence-electron chi connectivity index (χ0n) is 17.0. The first-order valence-corrected chi connectivity index (χ1v) is 11.9. The number of fused-ring (bicyclic) bond motifs is 1. The molecule has 4 atom stereocenters. The van der Waals surface area contributed by atoms with E-state index < -0.39 is 6.04 Å². The van der Waals surface area contributed by atoms with Crippen LogP contribution in [0.15, 0.2) is 41.1 Å². The Morgan fingerprint density at radius 1 is 1.23 bits per heavy atom. The molecule has 2 aromatic rings. The van der Waals surface area contributed by atoms with Gasteiger partial charge in [-0.15, -0.1) is 11.3 Å². The summed E-state index contributed by atoms with van der Waals surface area (Å²) in [4.78, 5) is 33.5. The fourth-order valence-electron chi connectivity index (χ4n) is 4.70. The van der Waals surface area contributed by atoms with Gasteiger partial charge in [0.1, 0.15) is 23.6 Å². The van der Waals surface area contributed by atoms with Crippen LogP contribution in [0.2, 0.25) is 0 Å². The number of ether oxygens (including phenoxy) is 3. The molecule has 3 aliphatic rings. The summed E-state index contributed by atoms with van der Waals surface area (Å²) in [6.45, 7) is 0. The van der Waals surface area contributed by atoms with Gasteiger partial charge in [0.2, 0.25) is 0 Å². The third-order valence-electron chi connectivity index (χ3n) is 6.14. The molecular formula is C22H21BrN2O5S. The highest BCUT2D eigenvalue weighted by molar-refractivity contribution is 9.09. The summed E-state index contributed by atoms with van der Waals surface area (Å²) in [5, 5.41) is 2.31. The third kappa shape index (κ3) is 3.25. The molecule has 162 valence electrons. The van der Waals surface area contributed by atoms with Gasteiger partial charge in [-0.05, 0) is 37.5 Å². The number of rotatable bonds is 4. The van der Waals surface area contributed by atoms with Crippen LogP contribution in [0.5, 0.6) is 11.5 Å². The number of ketones is 1. The minimum atomic E-state index is -0.692. The van der Waals surface area contributed by atoms with Gasteiger partial charge in [-0.2, -0.15) is 0 Å². The molecule has 31 heavy (non-hydrogen) atoms. The molecule has 1 amide bonds. The number of amides is 1. The summed E-state index contributed by atoms with van der Waals surface area (Å²) >= 11 is 5.00. The standard InChI is InChI=1S/C22H21BrN2O5S/c1-28-12-4-6-15(29-2)13(10-12)18-17-19(26)14-9-11(23)3-5-16(14)30-20(17)21(27)25(18)22-24-7-8-31-22/h4,6-8,10-11,14,16,18H,3,5,9H2,1-2H3. The van der Waals surface area contributed by atoms with E-state index in [9.17, 15) is 9.59 Å². The van der Waals surface area contributed by atoms with Crippen molar-refractivity contribution < 1.29 is 23.8 Å². The second-order valence-electron chi connectivity index (χ2n) is 7.78. The van der Waals surface area contributed by atoms with E-state index in [2.05, 4.69) is 20.9 Å². The molecule has 9 heteroatoms. The molecule has 4 unspecified atom stereocenters. The fraction of sp³-hybridized carbons (Fsp3) is 0.409.